The second-order valence-electron chi connectivity index (χ2n) is 4.85. The van der Waals surface area contributed by atoms with E-state index in [2.05, 4.69) is 4.72 Å². The van der Waals surface area contributed by atoms with Crippen LogP contribution < -0.4 is 14.4 Å². The lowest BCUT2D eigenvalue weighted by Crippen LogP contribution is -2.13. The number of benzene rings is 2. The molecule has 1 aromatic heterocycles. The Morgan fingerprint density at radius 3 is 2.52 bits per heavy atom. The van der Waals surface area contributed by atoms with E-state index < -0.39 is 15.0 Å². The smallest absolute Gasteiger partial charge is 0.396 e. The zero-order chi connectivity index (χ0) is 16.6. The summed E-state index contributed by atoms with van der Waals surface area (Å²) in [6.45, 7) is 1.74. The van der Waals surface area contributed by atoms with Gasteiger partial charge in [0, 0.05) is 0 Å². The summed E-state index contributed by atoms with van der Waals surface area (Å²) in [7, 11) is -2.22. The number of sulfonamides is 1. The fourth-order valence-corrected chi connectivity index (χ4v) is 3.90. The molecule has 2 aromatic carbocycles. The standard InChI is InChI=1S/C15H13NO5S2/c1-9-7-13-14(22-15(17)21-13)8-12(9)16-23(18,19)11-5-3-10(20-2)4-6-11/h3-8,16H,1-2H3. The van der Waals surface area contributed by atoms with Gasteiger partial charge in [0.1, 0.15) is 11.3 Å². The van der Waals surface area contributed by atoms with Crippen molar-refractivity contribution in [3.63, 3.8) is 0 Å². The maximum Gasteiger partial charge on any atom is 0.396 e. The number of ether oxygens (including phenoxy) is 1. The summed E-state index contributed by atoms with van der Waals surface area (Å²) in [5.41, 5.74) is 1.52. The molecule has 0 spiro atoms. The van der Waals surface area contributed by atoms with Crippen LogP contribution in [0.25, 0.3) is 10.3 Å². The lowest BCUT2D eigenvalue weighted by atomic mass is 10.2. The SMILES string of the molecule is COc1ccc(S(=O)(=O)Nc2cc3sc(=O)oc3cc2C)cc1. The van der Waals surface area contributed by atoms with Crippen LogP contribution in [0.3, 0.4) is 0 Å². The average Bonchev–Trinajstić information content (AvgIpc) is 2.86. The van der Waals surface area contributed by atoms with Gasteiger partial charge in [0.25, 0.3) is 10.0 Å². The molecule has 0 aliphatic carbocycles. The predicted octanol–water partition coefficient (Wildman–Crippen LogP) is 2.97. The monoisotopic (exact) mass is 351 g/mol. The largest absolute Gasteiger partial charge is 0.497 e. The third kappa shape index (κ3) is 3.08. The molecule has 0 aliphatic heterocycles. The van der Waals surface area contributed by atoms with Gasteiger partial charge in [-0.05, 0) is 48.9 Å². The van der Waals surface area contributed by atoms with Crippen molar-refractivity contribution in [2.24, 2.45) is 0 Å². The molecule has 0 amide bonds. The van der Waals surface area contributed by atoms with E-state index in [9.17, 15) is 13.2 Å². The number of hydrogen-bond donors (Lipinski definition) is 1. The molecule has 0 fully saturated rings. The molecular weight excluding hydrogens is 338 g/mol. The van der Waals surface area contributed by atoms with Gasteiger partial charge in [-0.3, -0.25) is 4.72 Å². The van der Waals surface area contributed by atoms with Crippen molar-refractivity contribution in [3.05, 3.63) is 51.7 Å². The molecule has 3 aromatic rings. The molecule has 23 heavy (non-hydrogen) atoms. The highest BCUT2D eigenvalue weighted by atomic mass is 32.2. The Labute approximate surface area is 136 Å². The fourth-order valence-electron chi connectivity index (χ4n) is 2.09. The number of rotatable bonds is 4. The van der Waals surface area contributed by atoms with Crippen LogP contribution >= 0.6 is 11.3 Å². The minimum atomic E-state index is -3.73. The number of hydrogen-bond acceptors (Lipinski definition) is 6. The van der Waals surface area contributed by atoms with Crippen LogP contribution in [0.5, 0.6) is 5.75 Å². The Hall–Kier alpha value is -2.32. The third-order valence-electron chi connectivity index (χ3n) is 3.29. The molecule has 0 atom stereocenters. The number of fused-ring (bicyclic) bond motifs is 1. The van der Waals surface area contributed by atoms with Gasteiger partial charge < -0.3 is 9.15 Å². The molecule has 0 unspecified atom stereocenters. The minimum Gasteiger partial charge on any atom is -0.497 e. The first-order valence-electron chi connectivity index (χ1n) is 6.60. The topological polar surface area (TPSA) is 85.6 Å². The minimum absolute atomic E-state index is 0.123. The summed E-state index contributed by atoms with van der Waals surface area (Å²) >= 11 is 0.928. The van der Waals surface area contributed by atoms with E-state index >= 15 is 0 Å². The van der Waals surface area contributed by atoms with Crippen molar-refractivity contribution in [1.29, 1.82) is 0 Å². The number of anilines is 1. The molecule has 3 rings (SSSR count). The molecule has 6 nitrogen and oxygen atoms in total. The summed E-state index contributed by atoms with van der Waals surface area (Å²) in [4.78, 5) is 11.0. The van der Waals surface area contributed by atoms with Gasteiger partial charge in [-0.15, -0.1) is 0 Å². The summed E-state index contributed by atoms with van der Waals surface area (Å²) in [5.74, 6) is 0.574. The van der Waals surface area contributed by atoms with Crippen molar-refractivity contribution in [3.8, 4) is 5.75 Å². The molecule has 1 heterocycles. The first-order valence-corrected chi connectivity index (χ1v) is 8.90. The van der Waals surface area contributed by atoms with Gasteiger partial charge in [-0.1, -0.05) is 11.3 Å². The zero-order valence-corrected chi connectivity index (χ0v) is 14.0. The molecule has 120 valence electrons. The van der Waals surface area contributed by atoms with Crippen LogP contribution in [0.1, 0.15) is 5.56 Å². The zero-order valence-electron chi connectivity index (χ0n) is 12.3. The van der Waals surface area contributed by atoms with Gasteiger partial charge in [0.05, 0.1) is 22.4 Å². The molecule has 8 heteroatoms. The van der Waals surface area contributed by atoms with Gasteiger partial charge in [-0.25, -0.2) is 13.2 Å². The molecule has 0 radical (unpaired) electrons. The maximum absolute atomic E-state index is 12.5. The van der Waals surface area contributed by atoms with Crippen LogP contribution in [0.15, 0.2) is 50.5 Å². The Balaban J connectivity index is 1.98. The van der Waals surface area contributed by atoms with Crippen molar-refractivity contribution in [2.75, 3.05) is 11.8 Å². The average molecular weight is 351 g/mol. The highest BCUT2D eigenvalue weighted by Crippen LogP contribution is 2.27. The number of aryl methyl sites for hydroxylation is 1. The van der Waals surface area contributed by atoms with E-state index in [-0.39, 0.29) is 4.90 Å². The summed E-state index contributed by atoms with van der Waals surface area (Å²) in [6, 6.07) is 9.32. The molecule has 0 bridgehead atoms. The molecule has 0 saturated heterocycles. The molecule has 0 saturated carbocycles. The van der Waals surface area contributed by atoms with E-state index in [0.717, 1.165) is 11.3 Å². The van der Waals surface area contributed by atoms with Crippen LogP contribution in [0.4, 0.5) is 5.69 Å². The van der Waals surface area contributed by atoms with Gasteiger partial charge in [-0.2, -0.15) is 0 Å². The Morgan fingerprint density at radius 1 is 1.17 bits per heavy atom. The van der Waals surface area contributed by atoms with Crippen LogP contribution in [0, 0.1) is 6.92 Å². The van der Waals surface area contributed by atoms with Crippen molar-refractivity contribution in [2.45, 2.75) is 11.8 Å². The summed E-state index contributed by atoms with van der Waals surface area (Å²) in [6.07, 6.45) is 0. The summed E-state index contributed by atoms with van der Waals surface area (Å²) in [5, 5.41) is 0. The van der Waals surface area contributed by atoms with Crippen LogP contribution in [0.2, 0.25) is 0 Å². The lowest BCUT2D eigenvalue weighted by Gasteiger charge is -2.11. The second kappa shape index (κ2) is 5.71. The van der Waals surface area contributed by atoms with E-state index in [4.69, 9.17) is 9.15 Å². The van der Waals surface area contributed by atoms with Crippen LogP contribution in [-0.2, 0) is 10.0 Å². The molecule has 1 N–H and O–H groups in total. The van der Waals surface area contributed by atoms with E-state index in [1.807, 2.05) is 0 Å². The lowest BCUT2D eigenvalue weighted by molar-refractivity contribution is 0.414. The number of methoxy groups -OCH3 is 1. The molecular formula is C15H13NO5S2. The maximum atomic E-state index is 12.5. The quantitative estimate of drug-likeness (QED) is 0.781. The Bertz CT molecular complexity index is 1020. The Morgan fingerprint density at radius 2 is 1.87 bits per heavy atom. The second-order valence-corrected chi connectivity index (χ2v) is 7.51. The van der Waals surface area contributed by atoms with Crippen molar-refractivity contribution < 1.29 is 17.6 Å². The highest BCUT2D eigenvalue weighted by molar-refractivity contribution is 7.92. The fraction of sp³-hybridized carbons (Fsp3) is 0.133. The Kier molecular flexibility index (Phi) is 3.87. The van der Waals surface area contributed by atoms with E-state index in [0.29, 0.717) is 27.3 Å². The first-order chi connectivity index (χ1) is 10.9. The normalized spacial score (nSPS) is 11.6. The predicted molar refractivity (Wildman–Crippen MR) is 88.9 cm³/mol. The van der Waals surface area contributed by atoms with Crippen molar-refractivity contribution in [1.82, 2.24) is 0 Å². The van der Waals surface area contributed by atoms with Gasteiger partial charge in [0.2, 0.25) is 0 Å². The van der Waals surface area contributed by atoms with Gasteiger partial charge in [0.15, 0.2) is 0 Å². The van der Waals surface area contributed by atoms with Gasteiger partial charge >= 0.3 is 4.94 Å². The number of nitrogens with one attached hydrogen (secondary N) is 1. The van der Waals surface area contributed by atoms with E-state index in [1.54, 1.807) is 31.2 Å². The highest BCUT2D eigenvalue weighted by Gasteiger charge is 2.16. The molecule has 0 aliphatic rings. The van der Waals surface area contributed by atoms with Crippen LogP contribution in [-0.4, -0.2) is 15.5 Å². The first kappa shape index (κ1) is 15.6. The third-order valence-corrected chi connectivity index (χ3v) is 5.46. The summed E-state index contributed by atoms with van der Waals surface area (Å²) < 4.78 is 38.1. The van der Waals surface area contributed by atoms with Crippen molar-refractivity contribution >= 4 is 37.3 Å². The van der Waals surface area contributed by atoms with E-state index in [1.165, 1.54) is 19.2 Å².